The summed E-state index contributed by atoms with van der Waals surface area (Å²) in [5.41, 5.74) is -0.214. The molecule has 0 bridgehead atoms. The Hall–Kier alpha value is -2.83. The van der Waals surface area contributed by atoms with E-state index in [2.05, 4.69) is 20.2 Å². The molecule has 2 aromatic heterocycles. The summed E-state index contributed by atoms with van der Waals surface area (Å²) in [5.74, 6) is 0.377. The van der Waals surface area contributed by atoms with Gasteiger partial charge in [-0.2, -0.15) is 8.42 Å². The number of nitro groups is 1. The summed E-state index contributed by atoms with van der Waals surface area (Å²) in [6, 6.07) is 6.08. The number of nitrogens with zero attached hydrogens (tertiary/aromatic N) is 5. The maximum absolute atomic E-state index is 12.3. The van der Waals surface area contributed by atoms with Crippen LogP contribution in [0.4, 0.5) is 5.69 Å². The molecule has 0 saturated carbocycles. The van der Waals surface area contributed by atoms with E-state index in [0.29, 0.717) is 15.8 Å². The third-order valence-corrected chi connectivity index (χ3v) is 5.62. The number of non-ortho nitro benzene ring substituents is 1. The van der Waals surface area contributed by atoms with Crippen molar-refractivity contribution in [1.82, 2.24) is 20.2 Å². The molecule has 0 amide bonds. The van der Waals surface area contributed by atoms with Crippen molar-refractivity contribution >= 4 is 27.1 Å². The Bertz CT molecular complexity index is 1020. The zero-order valence-corrected chi connectivity index (χ0v) is 14.8. The van der Waals surface area contributed by atoms with Gasteiger partial charge in [-0.05, 0) is 25.1 Å². The van der Waals surface area contributed by atoms with Gasteiger partial charge < -0.3 is 0 Å². The van der Waals surface area contributed by atoms with Crippen LogP contribution in [-0.2, 0) is 14.3 Å². The lowest BCUT2D eigenvalue weighted by Gasteiger charge is -2.10. The number of benzene rings is 1. The minimum absolute atomic E-state index is 0.189. The molecule has 3 aromatic rings. The summed E-state index contributed by atoms with van der Waals surface area (Å²) in [6.45, 7) is 1.51. The fourth-order valence-corrected chi connectivity index (χ4v) is 3.80. The minimum Gasteiger partial charge on any atom is -0.258 e. The Morgan fingerprint density at radius 3 is 2.42 bits per heavy atom. The summed E-state index contributed by atoms with van der Waals surface area (Å²) < 4.78 is 29.8. The van der Waals surface area contributed by atoms with Gasteiger partial charge in [0.25, 0.3) is 15.8 Å². The maximum atomic E-state index is 12.3. The Labute approximate surface area is 151 Å². The Morgan fingerprint density at radius 2 is 1.81 bits per heavy atom. The van der Waals surface area contributed by atoms with Gasteiger partial charge in [0.15, 0.2) is 10.8 Å². The van der Waals surface area contributed by atoms with Crippen molar-refractivity contribution in [2.45, 2.75) is 17.9 Å². The number of aromatic nitrogens is 4. The van der Waals surface area contributed by atoms with Crippen molar-refractivity contribution in [2.75, 3.05) is 0 Å². The fourth-order valence-electron chi connectivity index (χ4n) is 1.92. The van der Waals surface area contributed by atoms with Crippen LogP contribution in [0.3, 0.4) is 0 Å². The third kappa shape index (κ3) is 3.87. The normalized spacial score (nSPS) is 12.7. The molecule has 0 aliphatic rings. The van der Waals surface area contributed by atoms with Gasteiger partial charge in [0, 0.05) is 24.5 Å². The quantitative estimate of drug-likeness (QED) is 0.351. The highest BCUT2D eigenvalue weighted by Gasteiger charge is 2.24. The number of nitro benzene ring substituents is 1. The van der Waals surface area contributed by atoms with Gasteiger partial charge in [-0.3, -0.25) is 14.3 Å². The van der Waals surface area contributed by atoms with Crippen LogP contribution in [0.25, 0.3) is 10.8 Å². The van der Waals surface area contributed by atoms with E-state index in [1.165, 1.54) is 6.92 Å². The van der Waals surface area contributed by atoms with Crippen molar-refractivity contribution in [3.05, 3.63) is 57.8 Å². The average Bonchev–Trinajstić information content (AvgIpc) is 3.12. The minimum atomic E-state index is -4.12. The van der Waals surface area contributed by atoms with E-state index in [9.17, 15) is 18.5 Å². The first kappa shape index (κ1) is 18.0. The molecule has 0 aliphatic carbocycles. The van der Waals surface area contributed by atoms with Crippen LogP contribution in [-0.4, -0.2) is 33.5 Å². The van der Waals surface area contributed by atoms with Crippen molar-refractivity contribution in [3.63, 3.8) is 0 Å². The van der Waals surface area contributed by atoms with Gasteiger partial charge in [0.1, 0.15) is 11.1 Å². The Morgan fingerprint density at radius 1 is 1.15 bits per heavy atom. The first-order valence-electron chi connectivity index (χ1n) is 7.15. The first-order valence-corrected chi connectivity index (χ1v) is 9.38. The van der Waals surface area contributed by atoms with Crippen LogP contribution in [0.15, 0.2) is 47.6 Å². The maximum Gasteiger partial charge on any atom is 0.297 e. The topological polar surface area (TPSA) is 138 Å². The molecule has 0 N–H and O–H groups in total. The molecule has 26 heavy (non-hydrogen) atoms. The van der Waals surface area contributed by atoms with E-state index in [1.54, 1.807) is 18.5 Å². The molecule has 0 aliphatic heterocycles. The van der Waals surface area contributed by atoms with Crippen molar-refractivity contribution in [1.29, 1.82) is 0 Å². The number of rotatable bonds is 6. The second kappa shape index (κ2) is 7.19. The molecule has 1 atom stereocenters. The molecule has 0 saturated heterocycles. The van der Waals surface area contributed by atoms with Crippen LogP contribution >= 0.6 is 11.3 Å². The highest BCUT2D eigenvalue weighted by molar-refractivity contribution is 7.86. The summed E-state index contributed by atoms with van der Waals surface area (Å²) in [7, 11) is -4.12. The molecule has 1 aromatic carbocycles. The first-order chi connectivity index (χ1) is 12.4. The van der Waals surface area contributed by atoms with E-state index in [-0.39, 0.29) is 10.6 Å². The lowest BCUT2D eigenvalue weighted by Crippen LogP contribution is -2.10. The molecule has 3 rings (SSSR count). The van der Waals surface area contributed by atoms with Gasteiger partial charge in [0.2, 0.25) is 0 Å². The highest BCUT2D eigenvalue weighted by atomic mass is 32.2. The lowest BCUT2D eigenvalue weighted by molar-refractivity contribution is -0.384. The van der Waals surface area contributed by atoms with E-state index in [4.69, 9.17) is 4.18 Å². The van der Waals surface area contributed by atoms with Gasteiger partial charge in [-0.15, -0.1) is 10.2 Å². The van der Waals surface area contributed by atoms with E-state index >= 15 is 0 Å². The predicted octanol–water partition coefficient (Wildman–Crippen LogP) is 2.37. The molecule has 0 fully saturated rings. The second-order valence-corrected chi connectivity index (χ2v) is 7.54. The Kier molecular flexibility index (Phi) is 4.97. The number of hydrogen-bond acceptors (Lipinski definition) is 10. The molecule has 134 valence electrons. The molecule has 2 heterocycles. The summed E-state index contributed by atoms with van der Waals surface area (Å²) in [4.78, 5) is 17.9. The summed E-state index contributed by atoms with van der Waals surface area (Å²) in [6.07, 6.45) is 2.22. The zero-order chi connectivity index (χ0) is 18.7. The van der Waals surface area contributed by atoms with Crippen molar-refractivity contribution in [3.8, 4) is 10.8 Å². The van der Waals surface area contributed by atoms with Gasteiger partial charge in [0.05, 0.1) is 9.82 Å². The highest BCUT2D eigenvalue weighted by Crippen LogP contribution is 2.29. The van der Waals surface area contributed by atoms with Crippen LogP contribution in [0.1, 0.15) is 18.0 Å². The van der Waals surface area contributed by atoms with Gasteiger partial charge in [-0.1, -0.05) is 11.3 Å². The van der Waals surface area contributed by atoms with E-state index < -0.39 is 21.1 Å². The summed E-state index contributed by atoms with van der Waals surface area (Å²) in [5, 5.41) is 19.3. The lowest BCUT2D eigenvalue weighted by atomic mass is 10.3. The average molecular weight is 393 g/mol. The second-order valence-electron chi connectivity index (χ2n) is 4.96. The van der Waals surface area contributed by atoms with Crippen LogP contribution in [0.2, 0.25) is 0 Å². The largest absolute Gasteiger partial charge is 0.297 e. The van der Waals surface area contributed by atoms with E-state index in [1.807, 2.05) is 0 Å². The standard InChI is InChI=1S/C14H11N5O5S2/c1-9(13-17-18-14(25-13)12-15-7-2-8-16-12)24-26(22,23)11-5-3-10(4-6-11)19(20)21/h2-9H,1H3/t9-/m1/s1. The van der Waals surface area contributed by atoms with Crippen LogP contribution < -0.4 is 0 Å². The zero-order valence-electron chi connectivity index (χ0n) is 13.2. The third-order valence-electron chi connectivity index (χ3n) is 3.15. The van der Waals surface area contributed by atoms with Crippen LogP contribution in [0, 0.1) is 10.1 Å². The molecular formula is C14H11N5O5S2. The van der Waals surface area contributed by atoms with Gasteiger partial charge in [-0.25, -0.2) is 9.97 Å². The van der Waals surface area contributed by atoms with Gasteiger partial charge >= 0.3 is 0 Å². The predicted molar refractivity (Wildman–Crippen MR) is 90.7 cm³/mol. The smallest absolute Gasteiger partial charge is 0.258 e. The fraction of sp³-hybridized carbons (Fsp3) is 0.143. The molecular weight excluding hydrogens is 382 g/mol. The van der Waals surface area contributed by atoms with Crippen LogP contribution in [0.5, 0.6) is 0 Å². The molecule has 0 unspecified atom stereocenters. The monoisotopic (exact) mass is 393 g/mol. The summed E-state index contributed by atoms with van der Waals surface area (Å²) >= 11 is 1.11. The number of hydrogen-bond donors (Lipinski definition) is 0. The molecule has 12 heteroatoms. The van der Waals surface area contributed by atoms with E-state index in [0.717, 1.165) is 35.6 Å². The SMILES string of the molecule is C[C@@H](OS(=O)(=O)c1ccc([N+](=O)[O-])cc1)c1nnc(-c2ncccn2)s1. The molecule has 0 spiro atoms. The molecule has 0 radical (unpaired) electrons. The van der Waals surface area contributed by atoms with Crippen molar-refractivity contribution in [2.24, 2.45) is 0 Å². The Balaban J connectivity index is 1.77. The van der Waals surface area contributed by atoms with Crippen molar-refractivity contribution < 1.29 is 17.5 Å². The molecule has 10 nitrogen and oxygen atoms in total.